The van der Waals surface area contributed by atoms with Gasteiger partial charge in [0.1, 0.15) is 0 Å². The van der Waals surface area contributed by atoms with Crippen molar-refractivity contribution in [2.75, 3.05) is 40.3 Å². The minimum absolute atomic E-state index is 0.780. The van der Waals surface area contributed by atoms with Crippen molar-refractivity contribution in [1.29, 1.82) is 0 Å². The zero-order valence-electron chi connectivity index (χ0n) is 11.8. The largest absolute Gasteiger partial charge is 0.320 e. The SMILES string of the molecule is CNCCC1CCN(C2CC(C)N(C)C2)CC1. The molecule has 1 N–H and O–H groups in total. The van der Waals surface area contributed by atoms with Crippen molar-refractivity contribution in [2.24, 2.45) is 5.92 Å². The highest BCUT2D eigenvalue weighted by Gasteiger charge is 2.32. The van der Waals surface area contributed by atoms with Gasteiger partial charge in [-0.2, -0.15) is 0 Å². The zero-order valence-corrected chi connectivity index (χ0v) is 11.8. The van der Waals surface area contributed by atoms with Crippen LogP contribution in [0.15, 0.2) is 0 Å². The normalized spacial score (nSPS) is 33.4. The van der Waals surface area contributed by atoms with Crippen molar-refractivity contribution in [3.63, 3.8) is 0 Å². The van der Waals surface area contributed by atoms with E-state index < -0.39 is 0 Å². The Kier molecular flexibility index (Phi) is 4.83. The fourth-order valence-corrected chi connectivity index (χ4v) is 3.38. The average molecular weight is 239 g/mol. The number of nitrogens with zero attached hydrogens (tertiary/aromatic N) is 2. The molecule has 3 nitrogen and oxygen atoms in total. The first-order valence-electron chi connectivity index (χ1n) is 7.29. The molecule has 3 heteroatoms. The Morgan fingerprint density at radius 2 is 1.94 bits per heavy atom. The Hall–Kier alpha value is -0.120. The van der Waals surface area contributed by atoms with Crippen LogP contribution in [-0.2, 0) is 0 Å². The molecule has 0 aliphatic carbocycles. The van der Waals surface area contributed by atoms with Gasteiger partial charge in [-0.05, 0) is 72.3 Å². The van der Waals surface area contributed by atoms with Crippen LogP contribution in [0.2, 0.25) is 0 Å². The van der Waals surface area contributed by atoms with E-state index in [1.165, 1.54) is 51.9 Å². The molecule has 0 bridgehead atoms. The van der Waals surface area contributed by atoms with Crippen LogP contribution in [0.25, 0.3) is 0 Å². The lowest BCUT2D eigenvalue weighted by Crippen LogP contribution is -2.42. The van der Waals surface area contributed by atoms with Gasteiger partial charge in [0, 0.05) is 18.6 Å². The Morgan fingerprint density at radius 1 is 1.24 bits per heavy atom. The predicted octanol–water partition coefficient (Wildman–Crippen LogP) is 1.40. The van der Waals surface area contributed by atoms with Crippen molar-refractivity contribution in [2.45, 2.75) is 44.7 Å². The van der Waals surface area contributed by atoms with Crippen LogP contribution >= 0.6 is 0 Å². The third kappa shape index (κ3) is 3.43. The molecule has 2 heterocycles. The van der Waals surface area contributed by atoms with Gasteiger partial charge in [0.2, 0.25) is 0 Å². The average Bonchev–Trinajstić information content (AvgIpc) is 2.68. The molecular weight excluding hydrogens is 210 g/mol. The summed E-state index contributed by atoms with van der Waals surface area (Å²) in [4.78, 5) is 5.26. The van der Waals surface area contributed by atoms with Crippen LogP contribution in [0.3, 0.4) is 0 Å². The van der Waals surface area contributed by atoms with E-state index in [-0.39, 0.29) is 0 Å². The Labute approximate surface area is 107 Å². The highest BCUT2D eigenvalue weighted by atomic mass is 15.3. The molecule has 2 atom stereocenters. The number of likely N-dealkylation sites (tertiary alicyclic amines) is 2. The Morgan fingerprint density at radius 3 is 2.47 bits per heavy atom. The first-order chi connectivity index (χ1) is 8.20. The summed E-state index contributed by atoms with van der Waals surface area (Å²) in [6.07, 6.45) is 5.57. The minimum atomic E-state index is 0.780. The fourth-order valence-electron chi connectivity index (χ4n) is 3.38. The molecule has 0 saturated carbocycles. The maximum atomic E-state index is 3.27. The summed E-state index contributed by atoms with van der Waals surface area (Å²) in [5, 5.41) is 3.27. The fraction of sp³-hybridized carbons (Fsp3) is 1.00. The van der Waals surface area contributed by atoms with Crippen LogP contribution in [0, 0.1) is 5.92 Å². The second-order valence-corrected chi connectivity index (χ2v) is 6.05. The van der Waals surface area contributed by atoms with Gasteiger partial charge in [-0.3, -0.25) is 4.90 Å². The monoisotopic (exact) mass is 239 g/mol. The van der Waals surface area contributed by atoms with Crippen molar-refractivity contribution < 1.29 is 0 Å². The summed E-state index contributed by atoms with van der Waals surface area (Å²) in [5.74, 6) is 0.968. The van der Waals surface area contributed by atoms with Crippen molar-refractivity contribution in [3.8, 4) is 0 Å². The van der Waals surface area contributed by atoms with E-state index in [1.807, 2.05) is 0 Å². The maximum absolute atomic E-state index is 3.27. The number of hydrogen-bond donors (Lipinski definition) is 1. The quantitative estimate of drug-likeness (QED) is 0.800. The molecule has 0 spiro atoms. The van der Waals surface area contributed by atoms with Gasteiger partial charge in [0.25, 0.3) is 0 Å². The molecule has 2 aliphatic heterocycles. The summed E-state index contributed by atoms with van der Waals surface area (Å²) in [6.45, 7) is 7.50. The topological polar surface area (TPSA) is 18.5 Å². The first kappa shape index (κ1) is 13.3. The molecule has 2 rings (SSSR count). The summed E-state index contributed by atoms with van der Waals surface area (Å²) in [5.41, 5.74) is 0. The molecule has 2 saturated heterocycles. The summed E-state index contributed by atoms with van der Waals surface area (Å²) in [7, 11) is 4.33. The van der Waals surface area contributed by atoms with Gasteiger partial charge in [-0.25, -0.2) is 0 Å². The van der Waals surface area contributed by atoms with Gasteiger partial charge in [0.05, 0.1) is 0 Å². The van der Waals surface area contributed by atoms with E-state index in [2.05, 4.69) is 36.1 Å². The molecule has 0 aromatic rings. The van der Waals surface area contributed by atoms with E-state index in [4.69, 9.17) is 0 Å². The van der Waals surface area contributed by atoms with Crippen LogP contribution in [0.1, 0.15) is 32.6 Å². The summed E-state index contributed by atoms with van der Waals surface area (Å²) < 4.78 is 0. The standard InChI is InChI=1S/C14H29N3/c1-12-10-14(11-16(12)3)17-8-5-13(6-9-17)4-7-15-2/h12-15H,4-11H2,1-3H3. The van der Waals surface area contributed by atoms with E-state index in [9.17, 15) is 0 Å². The van der Waals surface area contributed by atoms with Crippen LogP contribution in [0.4, 0.5) is 0 Å². The van der Waals surface area contributed by atoms with Gasteiger partial charge in [-0.1, -0.05) is 0 Å². The van der Waals surface area contributed by atoms with Crippen LogP contribution in [0.5, 0.6) is 0 Å². The molecule has 0 radical (unpaired) electrons. The zero-order chi connectivity index (χ0) is 12.3. The number of likely N-dealkylation sites (N-methyl/N-ethyl adjacent to an activating group) is 1. The van der Waals surface area contributed by atoms with Gasteiger partial charge in [0.15, 0.2) is 0 Å². The summed E-state index contributed by atoms with van der Waals surface area (Å²) in [6, 6.07) is 1.61. The predicted molar refractivity (Wildman–Crippen MR) is 73.3 cm³/mol. The molecule has 2 unspecified atom stereocenters. The van der Waals surface area contributed by atoms with E-state index in [0.29, 0.717) is 0 Å². The number of hydrogen-bond acceptors (Lipinski definition) is 3. The minimum Gasteiger partial charge on any atom is -0.320 e. The van der Waals surface area contributed by atoms with E-state index in [1.54, 1.807) is 0 Å². The molecule has 0 aromatic heterocycles. The summed E-state index contributed by atoms with van der Waals surface area (Å²) >= 11 is 0. The number of rotatable bonds is 4. The number of nitrogens with one attached hydrogen (secondary N) is 1. The maximum Gasteiger partial charge on any atom is 0.0237 e. The van der Waals surface area contributed by atoms with Crippen LogP contribution in [-0.4, -0.2) is 62.2 Å². The second-order valence-electron chi connectivity index (χ2n) is 6.05. The van der Waals surface area contributed by atoms with Gasteiger partial charge in [-0.15, -0.1) is 0 Å². The first-order valence-corrected chi connectivity index (χ1v) is 7.29. The van der Waals surface area contributed by atoms with Crippen molar-refractivity contribution in [3.05, 3.63) is 0 Å². The van der Waals surface area contributed by atoms with E-state index in [0.717, 1.165) is 18.0 Å². The molecule has 0 aromatic carbocycles. The smallest absolute Gasteiger partial charge is 0.0237 e. The lowest BCUT2D eigenvalue weighted by Gasteiger charge is -2.36. The molecule has 100 valence electrons. The van der Waals surface area contributed by atoms with Crippen LogP contribution < -0.4 is 5.32 Å². The van der Waals surface area contributed by atoms with Gasteiger partial charge < -0.3 is 10.2 Å². The highest BCUT2D eigenvalue weighted by molar-refractivity contribution is 4.88. The second kappa shape index (κ2) is 6.17. The Balaban J connectivity index is 1.72. The molecule has 17 heavy (non-hydrogen) atoms. The highest BCUT2D eigenvalue weighted by Crippen LogP contribution is 2.26. The van der Waals surface area contributed by atoms with Crippen molar-refractivity contribution >= 4 is 0 Å². The molecule has 2 fully saturated rings. The number of piperidine rings is 1. The van der Waals surface area contributed by atoms with Gasteiger partial charge >= 0.3 is 0 Å². The molecular formula is C14H29N3. The third-order valence-electron chi connectivity index (χ3n) is 4.83. The third-order valence-corrected chi connectivity index (χ3v) is 4.83. The van der Waals surface area contributed by atoms with E-state index >= 15 is 0 Å². The lowest BCUT2D eigenvalue weighted by atomic mass is 9.92. The Bertz CT molecular complexity index is 214. The van der Waals surface area contributed by atoms with Crippen molar-refractivity contribution in [1.82, 2.24) is 15.1 Å². The molecule has 0 amide bonds. The lowest BCUT2D eigenvalue weighted by molar-refractivity contribution is 0.132. The molecule has 2 aliphatic rings.